The Balaban J connectivity index is 2.81. The normalized spacial score (nSPS) is 12.5. The van der Waals surface area contributed by atoms with Crippen LogP contribution in [0.2, 0.25) is 0 Å². The van der Waals surface area contributed by atoms with Crippen LogP contribution in [0.3, 0.4) is 0 Å². The van der Waals surface area contributed by atoms with Gasteiger partial charge in [-0.05, 0) is 53.9 Å². The average molecular weight is 271 g/mol. The summed E-state index contributed by atoms with van der Waals surface area (Å²) < 4.78 is 1.08. The van der Waals surface area contributed by atoms with Crippen molar-refractivity contribution in [3.8, 4) is 0 Å². The lowest BCUT2D eigenvalue weighted by atomic mass is 10.1. The Labute approximate surface area is 100 Å². The van der Waals surface area contributed by atoms with Gasteiger partial charge in [0.15, 0.2) is 0 Å². The lowest BCUT2D eigenvalue weighted by molar-refractivity contribution is 0.690. The van der Waals surface area contributed by atoms with E-state index < -0.39 is 0 Å². The van der Waals surface area contributed by atoms with Crippen molar-refractivity contribution in [2.24, 2.45) is 0 Å². The largest absolute Gasteiger partial charge is 0.398 e. The molecule has 0 amide bonds. The number of halogens is 1. The average Bonchev–Trinajstić information content (AvgIpc) is 2.14. The second-order valence-corrected chi connectivity index (χ2v) is 4.88. The molecule has 1 aromatic rings. The molecule has 0 aliphatic carbocycles. The molecule has 3 N–H and O–H groups in total. The predicted molar refractivity (Wildman–Crippen MR) is 71.3 cm³/mol. The van der Waals surface area contributed by atoms with E-state index in [1.165, 1.54) is 12.8 Å². The van der Waals surface area contributed by atoms with Crippen molar-refractivity contribution >= 4 is 27.3 Å². The van der Waals surface area contributed by atoms with Gasteiger partial charge >= 0.3 is 0 Å². The van der Waals surface area contributed by atoms with Crippen molar-refractivity contribution < 1.29 is 0 Å². The fourth-order valence-electron chi connectivity index (χ4n) is 1.57. The van der Waals surface area contributed by atoms with Crippen LogP contribution in [0.1, 0.15) is 32.3 Å². The number of anilines is 2. The molecule has 0 radical (unpaired) electrons. The molecule has 0 bridgehead atoms. The van der Waals surface area contributed by atoms with Gasteiger partial charge in [-0.1, -0.05) is 13.3 Å². The van der Waals surface area contributed by atoms with Gasteiger partial charge < -0.3 is 11.1 Å². The van der Waals surface area contributed by atoms with Gasteiger partial charge in [-0.2, -0.15) is 0 Å². The Morgan fingerprint density at radius 2 is 2.13 bits per heavy atom. The third kappa shape index (κ3) is 3.42. The van der Waals surface area contributed by atoms with Gasteiger partial charge in [0.05, 0.1) is 5.69 Å². The third-order valence-electron chi connectivity index (χ3n) is 2.48. The second-order valence-electron chi connectivity index (χ2n) is 4.02. The number of rotatable bonds is 4. The van der Waals surface area contributed by atoms with Crippen LogP contribution in [-0.4, -0.2) is 6.04 Å². The van der Waals surface area contributed by atoms with Gasteiger partial charge in [0.25, 0.3) is 0 Å². The number of hydrogen-bond donors (Lipinski definition) is 2. The van der Waals surface area contributed by atoms with Gasteiger partial charge in [0.1, 0.15) is 0 Å². The Bertz CT molecular complexity index is 337. The number of benzene rings is 1. The topological polar surface area (TPSA) is 38.0 Å². The van der Waals surface area contributed by atoms with Gasteiger partial charge in [0.2, 0.25) is 0 Å². The Morgan fingerprint density at radius 1 is 1.47 bits per heavy atom. The molecule has 0 aliphatic heterocycles. The van der Waals surface area contributed by atoms with Gasteiger partial charge in [-0.3, -0.25) is 0 Å². The van der Waals surface area contributed by atoms with Crippen molar-refractivity contribution in [1.82, 2.24) is 0 Å². The van der Waals surface area contributed by atoms with Crippen LogP contribution in [0.25, 0.3) is 0 Å². The fraction of sp³-hybridized carbons (Fsp3) is 0.500. The maximum absolute atomic E-state index is 5.88. The number of hydrogen-bond acceptors (Lipinski definition) is 2. The monoisotopic (exact) mass is 270 g/mol. The number of nitrogens with two attached hydrogens (primary N) is 1. The highest BCUT2D eigenvalue weighted by molar-refractivity contribution is 9.10. The molecule has 1 atom stereocenters. The molecule has 0 saturated carbocycles. The van der Waals surface area contributed by atoms with Crippen LogP contribution >= 0.6 is 15.9 Å². The molecular formula is C12H19BrN2. The zero-order chi connectivity index (χ0) is 11.4. The van der Waals surface area contributed by atoms with E-state index in [1.54, 1.807) is 0 Å². The summed E-state index contributed by atoms with van der Waals surface area (Å²) in [5.41, 5.74) is 8.91. The minimum Gasteiger partial charge on any atom is -0.398 e. The van der Waals surface area contributed by atoms with Gasteiger partial charge in [0, 0.05) is 16.2 Å². The highest BCUT2D eigenvalue weighted by Crippen LogP contribution is 2.28. The zero-order valence-electron chi connectivity index (χ0n) is 9.60. The summed E-state index contributed by atoms with van der Waals surface area (Å²) in [6, 6.07) is 4.52. The zero-order valence-corrected chi connectivity index (χ0v) is 11.2. The van der Waals surface area contributed by atoms with Crippen LogP contribution in [0.15, 0.2) is 16.6 Å². The molecule has 0 spiro atoms. The first-order chi connectivity index (χ1) is 7.04. The highest BCUT2D eigenvalue weighted by atomic mass is 79.9. The molecule has 15 heavy (non-hydrogen) atoms. The van der Waals surface area contributed by atoms with Crippen molar-refractivity contribution in [2.45, 2.75) is 39.7 Å². The molecule has 1 rings (SSSR count). The fourth-order valence-corrected chi connectivity index (χ4v) is 2.14. The first kappa shape index (κ1) is 12.4. The first-order valence-corrected chi connectivity index (χ1v) is 6.16. The molecule has 0 heterocycles. The lowest BCUT2D eigenvalue weighted by Crippen LogP contribution is -2.15. The van der Waals surface area contributed by atoms with Crippen molar-refractivity contribution in [3.05, 3.63) is 22.2 Å². The smallest absolute Gasteiger partial charge is 0.0507 e. The number of nitrogen functional groups attached to an aromatic ring is 1. The van der Waals surface area contributed by atoms with Crippen LogP contribution in [0.4, 0.5) is 11.4 Å². The van der Waals surface area contributed by atoms with Gasteiger partial charge in [-0.15, -0.1) is 0 Å². The summed E-state index contributed by atoms with van der Waals surface area (Å²) in [6.45, 7) is 6.39. The number of aryl methyl sites for hydroxylation is 1. The highest BCUT2D eigenvalue weighted by Gasteiger charge is 2.06. The van der Waals surface area contributed by atoms with E-state index in [1.807, 2.05) is 13.0 Å². The maximum atomic E-state index is 5.88. The Morgan fingerprint density at radius 3 is 2.73 bits per heavy atom. The van der Waals surface area contributed by atoms with Crippen LogP contribution in [-0.2, 0) is 0 Å². The Hall–Kier alpha value is -0.700. The second kappa shape index (κ2) is 5.40. The molecule has 0 aliphatic rings. The molecule has 0 aromatic heterocycles. The molecule has 84 valence electrons. The summed E-state index contributed by atoms with van der Waals surface area (Å²) in [5, 5.41) is 3.45. The number of nitrogens with one attached hydrogen (secondary N) is 1. The van der Waals surface area contributed by atoms with E-state index in [2.05, 4.69) is 41.2 Å². The van der Waals surface area contributed by atoms with E-state index >= 15 is 0 Å². The molecule has 2 nitrogen and oxygen atoms in total. The quantitative estimate of drug-likeness (QED) is 0.814. The van der Waals surface area contributed by atoms with E-state index in [0.29, 0.717) is 6.04 Å². The van der Waals surface area contributed by atoms with Crippen molar-refractivity contribution in [1.29, 1.82) is 0 Å². The van der Waals surface area contributed by atoms with E-state index in [-0.39, 0.29) is 0 Å². The van der Waals surface area contributed by atoms with Crippen LogP contribution < -0.4 is 11.1 Å². The Kier molecular flexibility index (Phi) is 4.45. The SMILES string of the molecule is CCCC(C)Nc1cc(N)c(C)cc1Br. The third-order valence-corrected chi connectivity index (χ3v) is 3.14. The van der Waals surface area contributed by atoms with Crippen molar-refractivity contribution in [3.63, 3.8) is 0 Å². The maximum Gasteiger partial charge on any atom is 0.0507 e. The lowest BCUT2D eigenvalue weighted by Gasteiger charge is -2.16. The van der Waals surface area contributed by atoms with E-state index in [9.17, 15) is 0 Å². The van der Waals surface area contributed by atoms with E-state index in [4.69, 9.17) is 5.73 Å². The molecule has 1 unspecified atom stereocenters. The summed E-state index contributed by atoms with van der Waals surface area (Å²) in [4.78, 5) is 0. The first-order valence-electron chi connectivity index (χ1n) is 5.36. The van der Waals surface area contributed by atoms with Gasteiger partial charge in [-0.25, -0.2) is 0 Å². The minimum absolute atomic E-state index is 0.480. The van der Waals surface area contributed by atoms with E-state index in [0.717, 1.165) is 21.4 Å². The standard InChI is InChI=1S/C12H19BrN2/c1-4-5-9(3)15-12-7-11(14)8(2)6-10(12)13/h6-7,9,15H,4-5,14H2,1-3H3. The molecular weight excluding hydrogens is 252 g/mol. The van der Waals surface area contributed by atoms with Crippen LogP contribution in [0, 0.1) is 6.92 Å². The molecule has 0 fully saturated rings. The molecule has 3 heteroatoms. The van der Waals surface area contributed by atoms with Crippen LogP contribution in [0.5, 0.6) is 0 Å². The summed E-state index contributed by atoms with van der Waals surface area (Å²) in [7, 11) is 0. The summed E-state index contributed by atoms with van der Waals surface area (Å²) >= 11 is 3.54. The predicted octanol–water partition coefficient (Wildman–Crippen LogP) is 3.94. The molecule has 0 saturated heterocycles. The summed E-state index contributed by atoms with van der Waals surface area (Å²) in [5.74, 6) is 0. The molecule has 1 aromatic carbocycles. The minimum atomic E-state index is 0.480. The van der Waals surface area contributed by atoms with Crippen molar-refractivity contribution in [2.75, 3.05) is 11.1 Å². The summed E-state index contributed by atoms with van der Waals surface area (Å²) in [6.07, 6.45) is 2.35.